The Labute approximate surface area is 135 Å². The molecule has 0 radical (unpaired) electrons. The lowest BCUT2D eigenvalue weighted by molar-refractivity contribution is -0.136. The van der Waals surface area contributed by atoms with Gasteiger partial charge in [-0.05, 0) is 38.8 Å². The highest BCUT2D eigenvalue weighted by Crippen LogP contribution is 2.26. The van der Waals surface area contributed by atoms with E-state index in [9.17, 15) is 14.4 Å². The normalized spacial score (nSPS) is 21.5. The van der Waals surface area contributed by atoms with E-state index in [1.165, 1.54) is 4.90 Å². The van der Waals surface area contributed by atoms with Gasteiger partial charge in [0.25, 0.3) is 5.91 Å². The molecule has 0 N–H and O–H groups in total. The molecule has 0 bridgehead atoms. The van der Waals surface area contributed by atoms with Crippen LogP contribution in [0.4, 0.5) is 10.5 Å². The monoisotopic (exact) mass is 315 g/mol. The predicted molar refractivity (Wildman–Crippen MR) is 86.0 cm³/mol. The minimum Gasteiger partial charge on any atom is -0.341 e. The molecule has 2 fully saturated rings. The van der Waals surface area contributed by atoms with Crippen LogP contribution in [0, 0.1) is 6.92 Å². The van der Waals surface area contributed by atoms with Crippen LogP contribution in [-0.4, -0.2) is 53.3 Å². The van der Waals surface area contributed by atoms with Gasteiger partial charge in [-0.15, -0.1) is 0 Å². The van der Waals surface area contributed by atoms with Crippen LogP contribution in [0.25, 0.3) is 0 Å². The van der Waals surface area contributed by atoms with Crippen LogP contribution in [0.1, 0.15) is 25.3 Å². The molecule has 2 aliphatic heterocycles. The zero-order chi connectivity index (χ0) is 16.6. The summed E-state index contributed by atoms with van der Waals surface area (Å²) in [5, 5.41) is 0. The smallest absolute Gasteiger partial charge is 0.332 e. The molecule has 1 aromatic rings. The van der Waals surface area contributed by atoms with Gasteiger partial charge >= 0.3 is 6.03 Å². The molecule has 2 saturated heterocycles. The van der Waals surface area contributed by atoms with Crippen LogP contribution < -0.4 is 4.90 Å². The molecule has 6 nitrogen and oxygen atoms in total. The third kappa shape index (κ3) is 2.81. The van der Waals surface area contributed by atoms with Gasteiger partial charge < -0.3 is 4.90 Å². The third-order valence-corrected chi connectivity index (χ3v) is 4.51. The topological polar surface area (TPSA) is 60.9 Å². The van der Waals surface area contributed by atoms with Crippen LogP contribution in [-0.2, 0) is 9.59 Å². The highest BCUT2D eigenvalue weighted by atomic mass is 16.2. The minimum absolute atomic E-state index is 0.151. The molecule has 3 rings (SSSR count). The quantitative estimate of drug-likeness (QED) is 0.799. The lowest BCUT2D eigenvalue weighted by Gasteiger charge is -2.21. The van der Waals surface area contributed by atoms with E-state index in [1.54, 1.807) is 11.8 Å². The van der Waals surface area contributed by atoms with Crippen molar-refractivity contribution in [2.24, 2.45) is 0 Å². The number of amides is 4. The summed E-state index contributed by atoms with van der Waals surface area (Å²) in [5.74, 6) is -0.467. The van der Waals surface area contributed by atoms with Crippen molar-refractivity contribution in [1.82, 2.24) is 9.80 Å². The average molecular weight is 315 g/mol. The number of rotatable bonds is 3. The number of nitrogens with zero attached hydrogens (tertiary/aromatic N) is 3. The first-order valence-electron chi connectivity index (χ1n) is 7.98. The molecule has 23 heavy (non-hydrogen) atoms. The van der Waals surface area contributed by atoms with Gasteiger partial charge in [0.1, 0.15) is 12.6 Å². The van der Waals surface area contributed by atoms with Gasteiger partial charge in [-0.2, -0.15) is 0 Å². The Morgan fingerprint density at radius 1 is 1.13 bits per heavy atom. The Hall–Kier alpha value is -2.37. The van der Waals surface area contributed by atoms with Crippen molar-refractivity contribution in [1.29, 1.82) is 0 Å². The lowest BCUT2D eigenvalue weighted by Crippen LogP contribution is -2.42. The molecule has 1 atom stereocenters. The Kier molecular flexibility index (Phi) is 4.07. The van der Waals surface area contributed by atoms with Crippen molar-refractivity contribution < 1.29 is 14.4 Å². The van der Waals surface area contributed by atoms with Gasteiger partial charge in [-0.1, -0.05) is 17.7 Å². The number of carbonyl (C=O) groups excluding carboxylic acids is 3. The molecule has 2 heterocycles. The van der Waals surface area contributed by atoms with E-state index in [0.29, 0.717) is 18.8 Å². The van der Waals surface area contributed by atoms with Gasteiger partial charge in [0.2, 0.25) is 5.91 Å². The van der Waals surface area contributed by atoms with Crippen LogP contribution in [0.2, 0.25) is 0 Å². The zero-order valence-corrected chi connectivity index (χ0v) is 13.5. The number of anilines is 1. The summed E-state index contributed by atoms with van der Waals surface area (Å²) in [5.41, 5.74) is 1.76. The second-order valence-corrected chi connectivity index (χ2v) is 6.18. The van der Waals surface area contributed by atoms with E-state index in [1.807, 2.05) is 31.2 Å². The van der Waals surface area contributed by atoms with Gasteiger partial charge in [0, 0.05) is 18.8 Å². The third-order valence-electron chi connectivity index (χ3n) is 4.51. The molecule has 122 valence electrons. The molecule has 0 unspecified atom stereocenters. The molecule has 2 aliphatic rings. The fourth-order valence-corrected chi connectivity index (χ4v) is 3.11. The summed E-state index contributed by atoms with van der Waals surface area (Å²) in [6, 6.07) is 6.44. The Bertz CT molecular complexity index is 635. The van der Waals surface area contributed by atoms with E-state index in [2.05, 4.69) is 0 Å². The Morgan fingerprint density at radius 2 is 1.74 bits per heavy atom. The van der Waals surface area contributed by atoms with Crippen molar-refractivity contribution in [3.8, 4) is 0 Å². The maximum atomic E-state index is 12.6. The predicted octanol–water partition coefficient (Wildman–Crippen LogP) is 1.77. The second-order valence-electron chi connectivity index (χ2n) is 6.18. The van der Waals surface area contributed by atoms with Crippen molar-refractivity contribution in [3.05, 3.63) is 29.8 Å². The fraction of sp³-hybridized carbons (Fsp3) is 0.471. The lowest BCUT2D eigenvalue weighted by atomic mass is 10.2. The first kappa shape index (κ1) is 15.5. The van der Waals surface area contributed by atoms with Gasteiger partial charge in [0.05, 0.1) is 0 Å². The van der Waals surface area contributed by atoms with Gasteiger partial charge in [-0.3, -0.25) is 19.4 Å². The molecule has 0 aromatic heterocycles. The fourth-order valence-electron chi connectivity index (χ4n) is 3.11. The average Bonchev–Trinajstić information content (AvgIpc) is 3.13. The van der Waals surface area contributed by atoms with Gasteiger partial charge in [0.15, 0.2) is 0 Å². The number of carbonyl (C=O) groups is 3. The van der Waals surface area contributed by atoms with Crippen LogP contribution in [0.3, 0.4) is 0 Å². The number of urea groups is 1. The number of hydrogen-bond acceptors (Lipinski definition) is 3. The van der Waals surface area contributed by atoms with E-state index in [-0.39, 0.29) is 18.4 Å². The van der Waals surface area contributed by atoms with E-state index in [4.69, 9.17) is 0 Å². The molecule has 6 heteroatoms. The first-order valence-corrected chi connectivity index (χ1v) is 7.98. The van der Waals surface area contributed by atoms with Crippen LogP contribution in [0.5, 0.6) is 0 Å². The van der Waals surface area contributed by atoms with E-state index >= 15 is 0 Å². The second kappa shape index (κ2) is 6.02. The number of hydrogen-bond donors (Lipinski definition) is 0. The molecular weight excluding hydrogens is 294 g/mol. The summed E-state index contributed by atoms with van der Waals surface area (Å²) in [7, 11) is 0. The van der Waals surface area contributed by atoms with Crippen molar-refractivity contribution in [3.63, 3.8) is 0 Å². The SMILES string of the molecule is Cc1ccc(N2C(=O)N(CC(=O)N3CCCC3)C(=O)[C@H]2C)cc1. The number of likely N-dealkylation sites (tertiary alicyclic amines) is 1. The Morgan fingerprint density at radius 3 is 2.35 bits per heavy atom. The molecule has 0 aliphatic carbocycles. The van der Waals surface area contributed by atoms with Crippen molar-refractivity contribution in [2.75, 3.05) is 24.5 Å². The molecule has 4 amide bonds. The highest BCUT2D eigenvalue weighted by molar-refractivity contribution is 6.15. The number of benzene rings is 1. The maximum Gasteiger partial charge on any atom is 0.332 e. The van der Waals surface area contributed by atoms with Crippen LogP contribution in [0.15, 0.2) is 24.3 Å². The summed E-state index contributed by atoms with van der Waals surface area (Å²) in [4.78, 5) is 41.5. The number of aryl methyl sites for hydroxylation is 1. The molecule has 0 saturated carbocycles. The van der Waals surface area contributed by atoms with Crippen molar-refractivity contribution >= 4 is 23.5 Å². The highest BCUT2D eigenvalue weighted by Gasteiger charge is 2.44. The summed E-state index contributed by atoms with van der Waals surface area (Å²) in [6.45, 7) is 4.93. The van der Waals surface area contributed by atoms with Crippen molar-refractivity contribution in [2.45, 2.75) is 32.7 Å². The largest absolute Gasteiger partial charge is 0.341 e. The zero-order valence-electron chi connectivity index (χ0n) is 13.5. The first-order chi connectivity index (χ1) is 11.0. The summed E-state index contributed by atoms with van der Waals surface area (Å²) >= 11 is 0. The number of imide groups is 1. The molecule has 0 spiro atoms. The van der Waals surface area contributed by atoms with Crippen LogP contribution >= 0.6 is 0 Å². The molecular formula is C17H21N3O3. The summed E-state index contributed by atoms with van der Waals surface area (Å²) in [6.07, 6.45) is 1.97. The van der Waals surface area contributed by atoms with E-state index in [0.717, 1.165) is 23.3 Å². The standard InChI is InChI=1S/C17H21N3O3/c1-12-5-7-14(8-6-12)20-13(2)16(22)19(17(20)23)11-15(21)18-9-3-4-10-18/h5-8,13H,3-4,9-11H2,1-2H3/t13-/m1/s1. The summed E-state index contributed by atoms with van der Waals surface area (Å²) < 4.78 is 0. The minimum atomic E-state index is -0.586. The Balaban J connectivity index is 1.77. The van der Waals surface area contributed by atoms with Gasteiger partial charge in [-0.25, -0.2) is 4.79 Å². The maximum absolute atomic E-state index is 12.6. The molecule has 1 aromatic carbocycles. The van der Waals surface area contributed by atoms with E-state index < -0.39 is 12.1 Å².